The van der Waals surface area contributed by atoms with Crippen LogP contribution >= 0.6 is 0 Å². The third-order valence-corrected chi connectivity index (χ3v) is 1.90. The Kier molecular flexibility index (Phi) is 2.98. The Morgan fingerprint density at radius 2 is 2.11 bits per heavy atom. The second kappa shape index (κ2) is 3.06. The predicted molar refractivity (Wildman–Crippen MR) is 46.8 cm³/mol. The second-order valence-corrected chi connectivity index (χ2v) is 5.76. The molecule has 0 amide bonds. The SMILES string of the molecule is C=C(NCC)C(C)(C)[SiH3]. The highest BCUT2D eigenvalue weighted by molar-refractivity contribution is 6.16. The first kappa shape index (κ1) is 8.76. The summed E-state index contributed by atoms with van der Waals surface area (Å²) in [6.45, 7) is 11.5. The molecule has 0 bridgehead atoms. The molecule has 0 aliphatic carbocycles. The normalized spacial score (nSPS) is 11.4. The largest absolute Gasteiger partial charge is 0.389 e. The molecule has 0 aromatic carbocycles. The molecule has 0 aromatic rings. The molecule has 54 valence electrons. The van der Waals surface area contributed by atoms with E-state index in [0.717, 1.165) is 16.8 Å². The first-order chi connectivity index (χ1) is 3.98. The van der Waals surface area contributed by atoms with Gasteiger partial charge in [-0.3, -0.25) is 0 Å². The molecule has 0 aromatic heterocycles. The Morgan fingerprint density at radius 1 is 1.67 bits per heavy atom. The molecule has 0 fully saturated rings. The van der Waals surface area contributed by atoms with Crippen LogP contribution < -0.4 is 5.32 Å². The van der Waals surface area contributed by atoms with Crippen molar-refractivity contribution in [1.29, 1.82) is 0 Å². The number of allylic oxidation sites excluding steroid dienone is 1. The third kappa shape index (κ3) is 3.35. The fraction of sp³-hybridized carbons (Fsp3) is 0.714. The van der Waals surface area contributed by atoms with E-state index in [9.17, 15) is 0 Å². The van der Waals surface area contributed by atoms with Gasteiger partial charge >= 0.3 is 0 Å². The topological polar surface area (TPSA) is 12.0 Å². The Hall–Kier alpha value is -0.243. The van der Waals surface area contributed by atoms with Crippen molar-refractivity contribution >= 4 is 10.2 Å². The Balaban J connectivity index is 3.74. The average molecular weight is 143 g/mol. The van der Waals surface area contributed by atoms with Crippen molar-refractivity contribution in [2.45, 2.75) is 25.8 Å². The van der Waals surface area contributed by atoms with Crippen LogP contribution in [0.25, 0.3) is 0 Å². The summed E-state index contributed by atoms with van der Waals surface area (Å²) < 4.78 is 0. The summed E-state index contributed by atoms with van der Waals surface area (Å²) in [4.78, 5) is 0. The lowest BCUT2D eigenvalue weighted by molar-refractivity contribution is 0.692. The summed E-state index contributed by atoms with van der Waals surface area (Å²) in [5.74, 6) is 0. The van der Waals surface area contributed by atoms with Gasteiger partial charge in [0.25, 0.3) is 0 Å². The van der Waals surface area contributed by atoms with Gasteiger partial charge < -0.3 is 5.32 Å². The van der Waals surface area contributed by atoms with Crippen molar-refractivity contribution in [2.75, 3.05) is 6.54 Å². The maximum atomic E-state index is 3.94. The highest BCUT2D eigenvalue weighted by atomic mass is 28.1. The van der Waals surface area contributed by atoms with Crippen molar-refractivity contribution in [3.63, 3.8) is 0 Å². The summed E-state index contributed by atoms with van der Waals surface area (Å²) in [5, 5.41) is 3.57. The fourth-order valence-corrected chi connectivity index (χ4v) is 0.655. The van der Waals surface area contributed by atoms with Crippen LogP contribution in [0.2, 0.25) is 5.04 Å². The predicted octanol–water partition coefficient (Wildman–Crippen LogP) is 0.673. The van der Waals surface area contributed by atoms with Gasteiger partial charge in [-0.15, -0.1) is 0 Å². The van der Waals surface area contributed by atoms with Crippen LogP contribution in [0, 0.1) is 0 Å². The van der Waals surface area contributed by atoms with Crippen LogP contribution in [-0.2, 0) is 0 Å². The molecule has 0 atom stereocenters. The van der Waals surface area contributed by atoms with Crippen LogP contribution in [0.3, 0.4) is 0 Å². The molecule has 1 nitrogen and oxygen atoms in total. The highest BCUT2D eigenvalue weighted by Gasteiger charge is 2.12. The minimum atomic E-state index is 0.343. The molecular weight excluding hydrogens is 126 g/mol. The van der Waals surface area contributed by atoms with Gasteiger partial charge in [0.2, 0.25) is 0 Å². The lowest BCUT2D eigenvalue weighted by atomic mass is 10.1. The molecule has 2 heteroatoms. The molecule has 0 saturated heterocycles. The Morgan fingerprint density at radius 3 is 2.22 bits per heavy atom. The Labute approximate surface area is 61.0 Å². The molecule has 0 spiro atoms. The molecule has 0 unspecified atom stereocenters. The van der Waals surface area contributed by atoms with E-state index in [1.165, 1.54) is 5.70 Å². The van der Waals surface area contributed by atoms with Crippen LogP contribution in [0.1, 0.15) is 20.8 Å². The van der Waals surface area contributed by atoms with Gasteiger partial charge in [-0.2, -0.15) is 0 Å². The standard InChI is InChI=1S/C7H17NSi/c1-5-8-6(2)7(3,4)9/h8H,2,5H2,1,3-4,9H3. The Bertz CT molecular complexity index is 102. The van der Waals surface area contributed by atoms with Crippen LogP contribution in [-0.4, -0.2) is 16.8 Å². The molecule has 0 radical (unpaired) electrons. The average Bonchev–Trinajstić information content (AvgIpc) is 1.64. The summed E-state index contributed by atoms with van der Waals surface area (Å²) in [6.07, 6.45) is 0. The zero-order valence-electron chi connectivity index (χ0n) is 6.91. The highest BCUT2D eigenvalue weighted by Crippen LogP contribution is 2.25. The van der Waals surface area contributed by atoms with E-state index in [-0.39, 0.29) is 0 Å². The first-order valence-electron chi connectivity index (χ1n) is 3.41. The van der Waals surface area contributed by atoms with Gasteiger partial charge in [0.15, 0.2) is 0 Å². The zero-order chi connectivity index (χ0) is 7.49. The smallest absolute Gasteiger partial charge is 0.0173 e. The van der Waals surface area contributed by atoms with Crippen LogP contribution in [0.4, 0.5) is 0 Å². The van der Waals surface area contributed by atoms with Gasteiger partial charge in [0, 0.05) is 22.5 Å². The summed E-state index contributed by atoms with van der Waals surface area (Å²) in [6, 6.07) is 0. The van der Waals surface area contributed by atoms with E-state index in [4.69, 9.17) is 0 Å². The molecule has 0 rings (SSSR count). The molecule has 1 N–H and O–H groups in total. The molecule has 0 aliphatic heterocycles. The monoisotopic (exact) mass is 143 g/mol. The van der Waals surface area contributed by atoms with Gasteiger partial charge in [-0.25, -0.2) is 0 Å². The summed E-state index contributed by atoms with van der Waals surface area (Å²) in [7, 11) is 1.16. The minimum absolute atomic E-state index is 0.343. The number of hydrogen-bond acceptors (Lipinski definition) is 1. The summed E-state index contributed by atoms with van der Waals surface area (Å²) >= 11 is 0. The van der Waals surface area contributed by atoms with Gasteiger partial charge in [0.1, 0.15) is 0 Å². The number of hydrogen-bond donors (Lipinski definition) is 1. The van der Waals surface area contributed by atoms with E-state index < -0.39 is 0 Å². The van der Waals surface area contributed by atoms with Crippen molar-refractivity contribution in [3.8, 4) is 0 Å². The van der Waals surface area contributed by atoms with E-state index in [1.54, 1.807) is 0 Å². The maximum absolute atomic E-state index is 3.94. The maximum Gasteiger partial charge on any atom is 0.0173 e. The lowest BCUT2D eigenvalue weighted by Gasteiger charge is -2.22. The van der Waals surface area contributed by atoms with Crippen molar-refractivity contribution in [1.82, 2.24) is 5.32 Å². The van der Waals surface area contributed by atoms with E-state index in [1.807, 2.05) is 0 Å². The second-order valence-electron chi connectivity index (χ2n) is 3.26. The molecule has 0 saturated carbocycles. The molecule has 9 heavy (non-hydrogen) atoms. The van der Waals surface area contributed by atoms with Gasteiger partial charge in [0.05, 0.1) is 0 Å². The van der Waals surface area contributed by atoms with Crippen molar-refractivity contribution in [2.24, 2.45) is 0 Å². The first-order valence-corrected chi connectivity index (χ1v) is 4.41. The van der Waals surface area contributed by atoms with E-state index in [2.05, 4.69) is 32.7 Å². The van der Waals surface area contributed by atoms with Crippen molar-refractivity contribution < 1.29 is 0 Å². The van der Waals surface area contributed by atoms with Crippen molar-refractivity contribution in [3.05, 3.63) is 12.3 Å². The van der Waals surface area contributed by atoms with Gasteiger partial charge in [-0.1, -0.05) is 20.4 Å². The zero-order valence-corrected chi connectivity index (χ0v) is 8.91. The minimum Gasteiger partial charge on any atom is -0.389 e. The fourth-order valence-electron chi connectivity index (χ4n) is 0.479. The van der Waals surface area contributed by atoms with E-state index in [0.29, 0.717) is 5.04 Å². The van der Waals surface area contributed by atoms with E-state index >= 15 is 0 Å². The molecular formula is C7H17NSi. The summed E-state index contributed by atoms with van der Waals surface area (Å²) in [5.41, 5.74) is 1.18. The number of rotatable bonds is 3. The van der Waals surface area contributed by atoms with Crippen LogP contribution in [0.5, 0.6) is 0 Å². The van der Waals surface area contributed by atoms with Gasteiger partial charge in [-0.05, 0) is 12.0 Å². The molecule has 0 heterocycles. The quantitative estimate of drug-likeness (QED) is 0.573. The number of nitrogens with one attached hydrogen (secondary N) is 1. The lowest BCUT2D eigenvalue weighted by Crippen LogP contribution is -2.20. The third-order valence-electron chi connectivity index (χ3n) is 1.30. The molecule has 0 aliphatic rings. The van der Waals surface area contributed by atoms with Crippen LogP contribution in [0.15, 0.2) is 12.3 Å².